The molecule has 0 spiro atoms. The molecule has 0 aromatic rings. The van der Waals surface area contributed by atoms with Crippen LogP contribution in [0.1, 0.15) is 26.2 Å². The molecule has 1 saturated heterocycles. The van der Waals surface area contributed by atoms with Gasteiger partial charge in [0.2, 0.25) is 5.91 Å². The van der Waals surface area contributed by atoms with E-state index in [2.05, 4.69) is 0 Å². The van der Waals surface area contributed by atoms with E-state index in [9.17, 15) is 30.3 Å². The first-order valence-corrected chi connectivity index (χ1v) is 8.60. The highest BCUT2D eigenvalue weighted by Crippen LogP contribution is 2.26. The number of aliphatic hydroxyl groups excluding tert-OH is 6. The van der Waals surface area contributed by atoms with E-state index in [1.54, 1.807) is 6.92 Å². The van der Waals surface area contributed by atoms with Crippen LogP contribution in [0.2, 0.25) is 0 Å². The largest absolute Gasteiger partial charge is 0.396 e. The second-order valence-electron chi connectivity index (χ2n) is 6.06. The lowest BCUT2D eigenvalue weighted by Crippen LogP contribution is -2.66. The molecule has 0 radical (unpaired) electrons. The van der Waals surface area contributed by atoms with Gasteiger partial charge in [-0.1, -0.05) is 19.1 Å². The fourth-order valence-electron chi connectivity index (χ4n) is 2.70. The van der Waals surface area contributed by atoms with Crippen LogP contribution in [0.5, 0.6) is 0 Å². The van der Waals surface area contributed by atoms with Gasteiger partial charge in [0.25, 0.3) is 0 Å². The van der Waals surface area contributed by atoms with Gasteiger partial charge in [-0.15, -0.1) is 0 Å². The predicted octanol–water partition coefficient (Wildman–Crippen LogP) is -2.27. The van der Waals surface area contributed by atoms with Gasteiger partial charge in [0.05, 0.1) is 11.6 Å². The summed E-state index contributed by atoms with van der Waals surface area (Å²) in [5.41, 5.74) is 0. The van der Waals surface area contributed by atoms with E-state index in [0.717, 1.165) is 4.90 Å². The Kier molecular flexibility index (Phi) is 9.32. The van der Waals surface area contributed by atoms with Crippen molar-refractivity contribution in [3.05, 3.63) is 0 Å². The molecule has 1 unspecified atom stereocenters. The second kappa shape index (κ2) is 10.4. The fraction of sp³-hybridized carbons (Fsp3) is 0.867. The molecule has 1 heterocycles. The molecule has 6 N–H and O–H groups in total. The van der Waals surface area contributed by atoms with Crippen LogP contribution in [0.25, 0.3) is 0 Å². The third kappa shape index (κ3) is 5.38. The Labute approximate surface area is 151 Å². The van der Waals surface area contributed by atoms with Gasteiger partial charge < -0.3 is 35.4 Å². The molecule has 146 valence electrons. The first-order chi connectivity index (χ1) is 11.8. The van der Waals surface area contributed by atoms with Crippen molar-refractivity contribution in [1.29, 1.82) is 0 Å². The molecular weight excluding hydrogens is 354 g/mol. The van der Waals surface area contributed by atoms with Gasteiger partial charge in [-0.05, 0) is 6.42 Å². The van der Waals surface area contributed by atoms with Crippen LogP contribution in [0, 0.1) is 5.92 Å². The Balaban J connectivity index is 3.09. The van der Waals surface area contributed by atoms with Crippen molar-refractivity contribution >= 4 is 23.1 Å². The number of ether oxygens (including phenoxy) is 1. The number of hydrogen-bond acceptors (Lipinski definition) is 9. The standard InChI is InChI=1S/C15H27NO8S/c1-2-3-10(20)16(11(25)4-8(5-17)6-18)12-14(22)13(21)9(7-19)24-15(12)23/h8-9,12-15,17-19,21-23H,2-7H2,1H3/t9-,12-,13-,14-,15?/m1/s1. The van der Waals surface area contributed by atoms with E-state index < -0.39 is 49.1 Å². The van der Waals surface area contributed by atoms with Crippen LogP contribution < -0.4 is 0 Å². The maximum atomic E-state index is 12.5. The Hall–Kier alpha value is -0.720. The Bertz CT molecular complexity index is 447. The van der Waals surface area contributed by atoms with Crippen LogP contribution in [0.3, 0.4) is 0 Å². The summed E-state index contributed by atoms with van der Waals surface area (Å²) in [5.74, 6) is -1.08. The summed E-state index contributed by atoms with van der Waals surface area (Å²) in [6.07, 6.45) is -5.43. The average molecular weight is 381 g/mol. The number of carbonyl (C=O) groups is 1. The lowest BCUT2D eigenvalue weighted by Gasteiger charge is -2.45. The summed E-state index contributed by atoms with van der Waals surface area (Å²) in [4.78, 5) is 13.5. The van der Waals surface area contributed by atoms with Gasteiger partial charge in [0, 0.05) is 32.0 Å². The van der Waals surface area contributed by atoms with E-state index in [1.165, 1.54) is 0 Å². The molecule has 0 aliphatic carbocycles. The Morgan fingerprint density at radius 1 is 1.16 bits per heavy atom. The number of aliphatic hydroxyl groups is 6. The summed E-state index contributed by atoms with van der Waals surface area (Å²) in [6, 6.07) is -1.36. The fourth-order valence-corrected chi connectivity index (χ4v) is 3.16. The molecule has 0 aromatic carbocycles. The van der Waals surface area contributed by atoms with Crippen LogP contribution in [0.15, 0.2) is 0 Å². The molecule has 5 atom stereocenters. The van der Waals surface area contributed by atoms with E-state index in [0.29, 0.717) is 6.42 Å². The molecule has 1 aliphatic rings. The molecule has 10 heteroatoms. The molecule has 1 amide bonds. The van der Waals surface area contributed by atoms with Gasteiger partial charge in [-0.3, -0.25) is 9.69 Å². The highest BCUT2D eigenvalue weighted by Gasteiger charge is 2.48. The third-order valence-electron chi connectivity index (χ3n) is 4.15. The molecule has 1 rings (SSSR count). The molecule has 9 nitrogen and oxygen atoms in total. The van der Waals surface area contributed by atoms with Crippen molar-refractivity contribution in [2.45, 2.75) is 56.8 Å². The average Bonchev–Trinajstić information content (AvgIpc) is 2.59. The molecular formula is C15H27NO8S. The predicted molar refractivity (Wildman–Crippen MR) is 90.4 cm³/mol. The third-order valence-corrected chi connectivity index (χ3v) is 4.51. The van der Waals surface area contributed by atoms with Gasteiger partial charge >= 0.3 is 0 Å². The van der Waals surface area contributed by atoms with Gasteiger partial charge in [0.1, 0.15) is 24.4 Å². The smallest absolute Gasteiger partial charge is 0.227 e. The lowest BCUT2D eigenvalue weighted by molar-refractivity contribution is -0.264. The number of amides is 1. The number of nitrogens with zero attached hydrogens (tertiary/aromatic N) is 1. The van der Waals surface area contributed by atoms with Crippen molar-refractivity contribution in [3.8, 4) is 0 Å². The summed E-state index contributed by atoms with van der Waals surface area (Å²) in [5, 5.41) is 58.1. The van der Waals surface area contributed by atoms with E-state index in [4.69, 9.17) is 22.1 Å². The molecule has 0 aromatic heterocycles. The minimum atomic E-state index is -1.67. The highest BCUT2D eigenvalue weighted by atomic mass is 32.1. The summed E-state index contributed by atoms with van der Waals surface area (Å²) in [6.45, 7) is 0.443. The first kappa shape index (κ1) is 22.3. The maximum absolute atomic E-state index is 12.5. The molecule has 25 heavy (non-hydrogen) atoms. The number of thiocarbonyl (C=S) groups is 1. The first-order valence-electron chi connectivity index (χ1n) is 8.19. The quantitative estimate of drug-likeness (QED) is 0.256. The van der Waals surface area contributed by atoms with Gasteiger partial charge in [0.15, 0.2) is 6.29 Å². The van der Waals surface area contributed by atoms with Crippen LogP contribution >= 0.6 is 12.2 Å². The molecule has 0 bridgehead atoms. The van der Waals surface area contributed by atoms with Crippen molar-refractivity contribution in [2.75, 3.05) is 19.8 Å². The Morgan fingerprint density at radius 2 is 1.76 bits per heavy atom. The lowest BCUT2D eigenvalue weighted by atomic mass is 9.94. The van der Waals surface area contributed by atoms with Crippen molar-refractivity contribution in [2.24, 2.45) is 5.92 Å². The minimum Gasteiger partial charge on any atom is -0.396 e. The Morgan fingerprint density at radius 3 is 2.24 bits per heavy atom. The molecule has 1 aliphatic heterocycles. The van der Waals surface area contributed by atoms with Crippen LogP contribution in [-0.4, -0.2) is 96.9 Å². The molecule has 1 fully saturated rings. The van der Waals surface area contributed by atoms with Crippen LogP contribution in [0.4, 0.5) is 0 Å². The summed E-state index contributed by atoms with van der Waals surface area (Å²) >= 11 is 5.23. The maximum Gasteiger partial charge on any atom is 0.227 e. The summed E-state index contributed by atoms with van der Waals surface area (Å²) < 4.78 is 5.09. The van der Waals surface area contributed by atoms with Crippen molar-refractivity contribution in [1.82, 2.24) is 4.90 Å². The van der Waals surface area contributed by atoms with E-state index in [1.807, 2.05) is 0 Å². The number of hydrogen-bond donors (Lipinski definition) is 6. The summed E-state index contributed by atoms with van der Waals surface area (Å²) in [7, 11) is 0. The number of carbonyl (C=O) groups excluding carboxylic acids is 1. The zero-order chi connectivity index (χ0) is 19.1. The van der Waals surface area contributed by atoms with Gasteiger partial charge in [-0.2, -0.15) is 0 Å². The topological polar surface area (TPSA) is 151 Å². The van der Waals surface area contributed by atoms with E-state index >= 15 is 0 Å². The van der Waals surface area contributed by atoms with E-state index in [-0.39, 0.29) is 31.0 Å². The van der Waals surface area contributed by atoms with Crippen LogP contribution in [-0.2, 0) is 9.53 Å². The van der Waals surface area contributed by atoms with Gasteiger partial charge in [-0.25, -0.2) is 0 Å². The highest BCUT2D eigenvalue weighted by molar-refractivity contribution is 7.80. The zero-order valence-electron chi connectivity index (χ0n) is 14.1. The molecule has 0 saturated carbocycles. The zero-order valence-corrected chi connectivity index (χ0v) is 14.9. The normalized spacial score (nSPS) is 29.7. The minimum absolute atomic E-state index is 0.00731. The number of rotatable bonds is 8. The monoisotopic (exact) mass is 381 g/mol. The van der Waals surface area contributed by atoms with Crippen molar-refractivity contribution < 1.29 is 40.2 Å². The SMILES string of the molecule is CCCC(=O)N(C(=S)CC(CO)CO)[C@H]1C(O)O[C@H](CO)[C@@H](O)[C@@H]1O. The van der Waals surface area contributed by atoms with Crippen molar-refractivity contribution in [3.63, 3.8) is 0 Å². The second-order valence-corrected chi connectivity index (χ2v) is 6.53.